The second-order valence-corrected chi connectivity index (χ2v) is 10.6. The molecule has 1 saturated heterocycles. The van der Waals surface area contributed by atoms with Crippen LogP contribution in [-0.4, -0.2) is 97.9 Å². The number of Topliss-reactive ketones (excluding diaryl/α,β-unsaturated/α-hetero) is 1. The number of ketones is 3. The molecule has 2 aromatic rings. The fraction of sp³-hybridized carbons (Fsp3) is 0.429. The molecule has 1 amide bonds. The van der Waals surface area contributed by atoms with Gasteiger partial charge in [-0.15, -0.1) is 12.4 Å². The predicted molar refractivity (Wildman–Crippen MR) is 147 cm³/mol. The molecule has 0 spiro atoms. The number of rotatable bonds is 6. The SMILES string of the molecule is COc1cccc2c1C(=O)c1c(O)c3c(c(O)c1C2=O)C[C@@](O)(C(=O)CO)C[C@@H]3OC1CC(NC(=O)O)C(O)C(C)O1.Cl.[H+]. The van der Waals surface area contributed by atoms with Crippen LogP contribution >= 0.6 is 12.4 Å². The maximum atomic E-state index is 13.7. The van der Waals surface area contributed by atoms with Gasteiger partial charge in [-0.2, -0.15) is 0 Å². The zero-order chi connectivity index (χ0) is 30.7. The molecule has 2 aromatic carbocycles. The molecule has 43 heavy (non-hydrogen) atoms. The second kappa shape index (κ2) is 11.7. The Labute approximate surface area is 251 Å². The molecule has 1 heterocycles. The van der Waals surface area contributed by atoms with Gasteiger partial charge < -0.3 is 50.2 Å². The number of aliphatic hydroxyl groups is 3. The lowest BCUT2D eigenvalue weighted by molar-refractivity contribution is -0.249. The molecule has 0 bridgehead atoms. The topological polar surface area (TPSA) is 229 Å². The zero-order valence-corrected chi connectivity index (χ0v) is 23.7. The summed E-state index contributed by atoms with van der Waals surface area (Å²) >= 11 is 0. The molecule has 0 radical (unpaired) electrons. The smallest absolute Gasteiger partial charge is 0.507 e. The summed E-state index contributed by atoms with van der Waals surface area (Å²) in [4.78, 5) is 51.2. The summed E-state index contributed by atoms with van der Waals surface area (Å²) in [6.07, 6.45) is -7.75. The molecule has 1 fully saturated rings. The second-order valence-electron chi connectivity index (χ2n) is 10.6. The third kappa shape index (κ3) is 5.19. The van der Waals surface area contributed by atoms with E-state index in [9.17, 15) is 49.8 Å². The van der Waals surface area contributed by atoms with Gasteiger partial charge in [0.2, 0.25) is 5.78 Å². The van der Waals surface area contributed by atoms with Crippen LogP contribution in [0, 0.1) is 0 Å². The van der Waals surface area contributed by atoms with Crippen LogP contribution < -0.4 is 10.1 Å². The van der Waals surface area contributed by atoms with E-state index in [2.05, 4.69) is 5.32 Å². The van der Waals surface area contributed by atoms with Crippen molar-refractivity contribution in [3.63, 3.8) is 0 Å². The standard InChI is InChI=1S/C28H29NO13.ClH/c1-10-22(32)13(29-27(37)38)6-17(41-10)42-15-8-28(39,16(31)9-30)7-12-19(15)26(36)21-20(24(12)34)23(33)11-4-3-5-14(40-2)18(11)25(21)35;/h3-5,10,13,15,17,22,29-30,32,34,36,39H,6-9H2,1-2H3,(H,37,38);1H/p+1/t10?,13?,15-,17?,22?,28-;/m0./s1. The molecule has 0 aromatic heterocycles. The number of ether oxygens (including phenoxy) is 3. The van der Waals surface area contributed by atoms with Crippen LogP contribution in [-0.2, 0) is 20.7 Å². The van der Waals surface area contributed by atoms with Gasteiger partial charge in [0.05, 0.1) is 42.0 Å². The molecule has 3 aliphatic rings. The molecule has 7 N–H and O–H groups in total. The molecule has 0 saturated carbocycles. The largest absolute Gasteiger partial charge is 1.00 e. The maximum Gasteiger partial charge on any atom is 1.00 e. The summed E-state index contributed by atoms with van der Waals surface area (Å²) in [6.45, 7) is 0.389. The van der Waals surface area contributed by atoms with E-state index in [4.69, 9.17) is 14.2 Å². The van der Waals surface area contributed by atoms with Crippen molar-refractivity contribution in [2.45, 2.75) is 62.4 Å². The molecule has 5 rings (SSSR count). The number of aliphatic hydroxyl groups excluding tert-OH is 2. The molecule has 14 nitrogen and oxygen atoms in total. The third-order valence-electron chi connectivity index (χ3n) is 8.07. The predicted octanol–water partition coefficient (Wildman–Crippen LogP) is 0.844. The Morgan fingerprint density at radius 2 is 1.81 bits per heavy atom. The highest BCUT2D eigenvalue weighted by Crippen LogP contribution is 2.52. The number of amides is 1. The van der Waals surface area contributed by atoms with Gasteiger partial charge in [-0.1, -0.05) is 12.1 Å². The molecule has 232 valence electrons. The van der Waals surface area contributed by atoms with Crippen molar-refractivity contribution >= 4 is 35.9 Å². The van der Waals surface area contributed by atoms with E-state index in [1.165, 1.54) is 32.2 Å². The average molecular weight is 625 g/mol. The molecule has 2 aliphatic carbocycles. The van der Waals surface area contributed by atoms with Crippen LogP contribution in [0.4, 0.5) is 4.79 Å². The van der Waals surface area contributed by atoms with E-state index in [-0.39, 0.29) is 48.3 Å². The van der Waals surface area contributed by atoms with Gasteiger partial charge in [0.15, 0.2) is 17.9 Å². The normalized spacial score (nSPS) is 27.7. The number of hydrogen-bond acceptors (Lipinski definition) is 12. The number of aromatic hydroxyl groups is 2. The number of carbonyl (C=O) groups is 4. The third-order valence-corrected chi connectivity index (χ3v) is 8.07. The number of fused-ring (bicyclic) bond motifs is 3. The van der Waals surface area contributed by atoms with Gasteiger partial charge in [0, 0.05) is 36.0 Å². The lowest BCUT2D eigenvalue weighted by Gasteiger charge is -2.42. The molecular formula is C28H31ClNO13+. The lowest BCUT2D eigenvalue weighted by Crippen LogP contribution is -2.55. The van der Waals surface area contributed by atoms with Crippen molar-refractivity contribution in [1.82, 2.24) is 5.32 Å². The minimum Gasteiger partial charge on any atom is -0.507 e. The first-order valence-electron chi connectivity index (χ1n) is 13.0. The Hall–Kier alpha value is -3.79. The van der Waals surface area contributed by atoms with E-state index in [0.717, 1.165) is 0 Å². The van der Waals surface area contributed by atoms with Crippen LogP contribution in [0.1, 0.15) is 70.3 Å². The Bertz CT molecular complexity index is 1520. The summed E-state index contributed by atoms with van der Waals surface area (Å²) in [6, 6.07) is 3.24. The van der Waals surface area contributed by atoms with Crippen LogP contribution in [0.5, 0.6) is 17.2 Å². The lowest BCUT2D eigenvalue weighted by atomic mass is 9.72. The van der Waals surface area contributed by atoms with Crippen LogP contribution in [0.2, 0.25) is 0 Å². The van der Waals surface area contributed by atoms with E-state index in [1.54, 1.807) is 0 Å². The highest BCUT2D eigenvalue weighted by Gasteiger charge is 2.50. The number of phenols is 2. The van der Waals surface area contributed by atoms with Gasteiger partial charge in [0.25, 0.3) is 0 Å². The number of methoxy groups -OCH3 is 1. The van der Waals surface area contributed by atoms with Crippen molar-refractivity contribution in [2.75, 3.05) is 13.7 Å². The van der Waals surface area contributed by atoms with Crippen LogP contribution in [0.3, 0.4) is 0 Å². The van der Waals surface area contributed by atoms with E-state index >= 15 is 0 Å². The summed E-state index contributed by atoms with van der Waals surface area (Å²) in [5.74, 6) is -4.11. The number of hydrogen-bond donors (Lipinski definition) is 7. The Balaban J connectivity index is 0.00000264. The van der Waals surface area contributed by atoms with Gasteiger partial charge in [0.1, 0.15) is 35.6 Å². The Kier molecular flexibility index (Phi) is 8.75. The van der Waals surface area contributed by atoms with Gasteiger partial charge in [-0.3, -0.25) is 14.4 Å². The molecule has 15 heteroatoms. The first kappa shape index (κ1) is 32.1. The summed E-state index contributed by atoms with van der Waals surface area (Å²) in [5, 5.41) is 65.5. The molecule has 4 unspecified atom stereocenters. The van der Waals surface area contributed by atoms with Crippen molar-refractivity contribution in [1.29, 1.82) is 0 Å². The quantitative estimate of drug-likeness (QED) is 0.189. The van der Waals surface area contributed by atoms with E-state index in [0.29, 0.717) is 0 Å². The molecular weight excluding hydrogens is 594 g/mol. The van der Waals surface area contributed by atoms with Crippen LogP contribution in [0.15, 0.2) is 18.2 Å². The zero-order valence-electron chi connectivity index (χ0n) is 23.9. The minimum atomic E-state index is -2.33. The molecule has 1 aliphatic heterocycles. The summed E-state index contributed by atoms with van der Waals surface area (Å²) < 4.78 is 17.0. The average Bonchev–Trinajstić information content (AvgIpc) is 2.94. The summed E-state index contributed by atoms with van der Waals surface area (Å²) in [7, 11) is 1.30. The number of carboxylic acid groups (broad SMARTS) is 1. The Morgan fingerprint density at radius 1 is 1.14 bits per heavy atom. The van der Waals surface area contributed by atoms with Gasteiger partial charge >= 0.3 is 7.52 Å². The molecule has 6 atom stereocenters. The highest BCUT2D eigenvalue weighted by molar-refractivity contribution is 6.31. The number of benzene rings is 2. The van der Waals surface area contributed by atoms with Crippen molar-refractivity contribution in [3.8, 4) is 17.2 Å². The Morgan fingerprint density at radius 3 is 2.44 bits per heavy atom. The summed E-state index contributed by atoms with van der Waals surface area (Å²) in [5.41, 5.74) is -4.08. The first-order chi connectivity index (χ1) is 19.8. The van der Waals surface area contributed by atoms with Crippen molar-refractivity contribution in [2.24, 2.45) is 0 Å². The fourth-order valence-electron chi connectivity index (χ4n) is 6.02. The fourth-order valence-corrected chi connectivity index (χ4v) is 6.02. The highest BCUT2D eigenvalue weighted by atomic mass is 35.5. The monoisotopic (exact) mass is 624 g/mol. The number of phenolic OH excluding ortho intramolecular Hbond substituents is 2. The van der Waals surface area contributed by atoms with Gasteiger partial charge in [-0.05, 0) is 13.0 Å². The van der Waals surface area contributed by atoms with Gasteiger partial charge in [-0.25, -0.2) is 4.79 Å². The van der Waals surface area contributed by atoms with Crippen molar-refractivity contribution in [3.05, 3.63) is 51.6 Å². The number of carbonyl (C=O) groups excluding carboxylic acids is 3. The minimum absolute atomic E-state index is 0. The number of nitrogens with one attached hydrogen (secondary N) is 1. The van der Waals surface area contributed by atoms with E-state index < -0.39 is 102 Å². The van der Waals surface area contributed by atoms with Crippen LogP contribution in [0.25, 0.3) is 0 Å². The van der Waals surface area contributed by atoms with E-state index in [1.807, 2.05) is 0 Å². The first-order valence-corrected chi connectivity index (χ1v) is 13.0. The maximum absolute atomic E-state index is 13.7. The van der Waals surface area contributed by atoms with Crippen molar-refractivity contribution < 1.29 is 65.5 Å². The number of halogens is 1.